The van der Waals surface area contributed by atoms with Crippen LogP contribution in [0.3, 0.4) is 0 Å². The molecule has 1 aromatic carbocycles. The van der Waals surface area contributed by atoms with Crippen LogP contribution in [0, 0.1) is 11.6 Å². The Morgan fingerprint density at radius 3 is 2.52 bits per heavy atom. The van der Waals surface area contributed by atoms with Crippen LogP contribution in [0.4, 0.5) is 8.78 Å². The van der Waals surface area contributed by atoms with Crippen LogP contribution in [0.15, 0.2) is 12.1 Å². The molecule has 0 aromatic heterocycles. The second kappa shape index (κ2) is 6.85. The van der Waals surface area contributed by atoms with Crippen LogP contribution < -0.4 is 10.1 Å². The lowest BCUT2D eigenvalue weighted by Crippen LogP contribution is -2.27. The number of benzene rings is 1. The molecule has 21 heavy (non-hydrogen) atoms. The Labute approximate surface area is 122 Å². The third-order valence-electron chi connectivity index (χ3n) is 3.14. The van der Waals surface area contributed by atoms with E-state index in [1.54, 1.807) is 6.92 Å². The van der Waals surface area contributed by atoms with Crippen LogP contribution in [0.2, 0.25) is 0 Å². The van der Waals surface area contributed by atoms with E-state index in [2.05, 4.69) is 5.32 Å². The van der Waals surface area contributed by atoms with Gasteiger partial charge in [0.25, 0.3) is 0 Å². The highest BCUT2D eigenvalue weighted by atomic mass is 19.1. The van der Waals surface area contributed by atoms with Gasteiger partial charge >= 0.3 is 5.97 Å². The van der Waals surface area contributed by atoms with Crippen molar-refractivity contribution in [2.75, 3.05) is 6.61 Å². The first kappa shape index (κ1) is 15.7. The van der Waals surface area contributed by atoms with Crippen LogP contribution in [-0.4, -0.2) is 24.7 Å². The number of nitrogens with one attached hydrogen (secondary N) is 1. The first-order chi connectivity index (χ1) is 10.0. The fourth-order valence-electron chi connectivity index (χ4n) is 1.86. The van der Waals surface area contributed by atoms with Crippen molar-refractivity contribution in [3.63, 3.8) is 0 Å². The maximum Gasteiger partial charge on any atom is 0.347 e. The number of ether oxygens (including phenoxy) is 2. The van der Waals surface area contributed by atoms with Gasteiger partial charge in [-0.1, -0.05) is 0 Å². The molecule has 0 radical (unpaired) electrons. The van der Waals surface area contributed by atoms with Crippen molar-refractivity contribution in [3.8, 4) is 5.75 Å². The summed E-state index contributed by atoms with van der Waals surface area (Å²) in [5.74, 6) is -2.85. The fourth-order valence-corrected chi connectivity index (χ4v) is 1.86. The Morgan fingerprint density at radius 1 is 1.38 bits per heavy atom. The summed E-state index contributed by atoms with van der Waals surface area (Å²) in [6.45, 7) is 3.63. The Morgan fingerprint density at radius 2 is 2.00 bits per heavy atom. The molecule has 1 aliphatic carbocycles. The Balaban J connectivity index is 2.03. The third kappa shape index (κ3) is 4.39. The van der Waals surface area contributed by atoms with E-state index in [1.165, 1.54) is 19.1 Å². The number of carbonyl (C=O) groups is 1. The monoisotopic (exact) mass is 299 g/mol. The van der Waals surface area contributed by atoms with Gasteiger partial charge in [0, 0.05) is 12.6 Å². The van der Waals surface area contributed by atoms with Crippen molar-refractivity contribution >= 4 is 5.97 Å². The number of hydrogen-bond acceptors (Lipinski definition) is 4. The van der Waals surface area contributed by atoms with E-state index in [9.17, 15) is 13.6 Å². The molecular formula is C15H19F2NO3. The van der Waals surface area contributed by atoms with Gasteiger partial charge in [-0.2, -0.15) is 0 Å². The van der Waals surface area contributed by atoms with E-state index in [0.717, 1.165) is 12.8 Å². The van der Waals surface area contributed by atoms with Gasteiger partial charge in [-0.25, -0.2) is 13.6 Å². The largest absolute Gasteiger partial charge is 0.473 e. The second-order valence-corrected chi connectivity index (χ2v) is 5.06. The van der Waals surface area contributed by atoms with Crippen LogP contribution >= 0.6 is 0 Å². The lowest BCUT2D eigenvalue weighted by atomic mass is 10.2. The zero-order valence-electron chi connectivity index (χ0n) is 12.1. The first-order valence-electron chi connectivity index (χ1n) is 7.05. The zero-order chi connectivity index (χ0) is 15.4. The smallest absolute Gasteiger partial charge is 0.347 e. The highest BCUT2D eigenvalue weighted by Gasteiger charge is 2.23. The molecule has 1 aliphatic rings. The number of rotatable bonds is 7. The molecule has 0 amide bonds. The molecule has 0 saturated heterocycles. The normalized spacial score (nSPS) is 15.6. The summed E-state index contributed by atoms with van der Waals surface area (Å²) in [4.78, 5) is 11.4. The molecule has 0 spiro atoms. The maximum absolute atomic E-state index is 13.9. The first-order valence-corrected chi connectivity index (χ1v) is 7.05. The minimum Gasteiger partial charge on any atom is -0.473 e. The molecule has 1 aromatic rings. The molecule has 0 aliphatic heterocycles. The summed E-state index contributed by atoms with van der Waals surface area (Å²) in [7, 11) is 0. The van der Waals surface area contributed by atoms with E-state index in [-0.39, 0.29) is 6.61 Å². The Bertz CT molecular complexity index is 495. The van der Waals surface area contributed by atoms with Gasteiger partial charge in [0.1, 0.15) is 0 Å². The van der Waals surface area contributed by atoms with E-state index >= 15 is 0 Å². The molecular weight excluding hydrogens is 280 g/mol. The van der Waals surface area contributed by atoms with Crippen LogP contribution in [0.25, 0.3) is 0 Å². The fraction of sp³-hybridized carbons (Fsp3) is 0.533. The lowest BCUT2D eigenvalue weighted by Gasteiger charge is -2.15. The standard InChI is InChI=1S/C15H19F2NO3/c1-3-20-15(19)9(2)21-14-12(16)6-10(7-13(14)17)8-18-11-4-5-11/h6-7,9,11,18H,3-5,8H2,1-2H3. The van der Waals surface area contributed by atoms with Crippen molar-refractivity contribution in [2.24, 2.45) is 0 Å². The van der Waals surface area contributed by atoms with Gasteiger partial charge in [0.05, 0.1) is 6.61 Å². The van der Waals surface area contributed by atoms with Crippen LogP contribution in [0.5, 0.6) is 5.75 Å². The molecule has 1 atom stereocenters. The van der Waals surface area contributed by atoms with Crippen molar-refractivity contribution in [1.82, 2.24) is 5.32 Å². The van der Waals surface area contributed by atoms with Gasteiger partial charge < -0.3 is 14.8 Å². The maximum atomic E-state index is 13.9. The van der Waals surface area contributed by atoms with E-state index < -0.39 is 29.5 Å². The molecule has 0 bridgehead atoms. The molecule has 6 heteroatoms. The van der Waals surface area contributed by atoms with Crippen molar-refractivity contribution < 1.29 is 23.0 Å². The molecule has 4 nitrogen and oxygen atoms in total. The van der Waals surface area contributed by atoms with Crippen molar-refractivity contribution in [2.45, 2.75) is 45.4 Å². The van der Waals surface area contributed by atoms with Crippen LogP contribution in [0.1, 0.15) is 32.3 Å². The molecule has 2 rings (SSSR count). The highest BCUT2D eigenvalue weighted by molar-refractivity contribution is 5.74. The molecule has 1 N–H and O–H groups in total. The van der Waals surface area contributed by atoms with E-state index in [4.69, 9.17) is 9.47 Å². The van der Waals surface area contributed by atoms with E-state index in [0.29, 0.717) is 18.2 Å². The molecule has 1 unspecified atom stereocenters. The average Bonchev–Trinajstić information content (AvgIpc) is 3.24. The summed E-state index contributed by atoms with van der Waals surface area (Å²) in [5.41, 5.74) is 0.507. The lowest BCUT2D eigenvalue weighted by molar-refractivity contribution is -0.150. The van der Waals surface area contributed by atoms with Gasteiger partial charge in [0.2, 0.25) is 0 Å². The summed E-state index contributed by atoms with van der Waals surface area (Å²) in [6.07, 6.45) is 1.14. The highest BCUT2D eigenvalue weighted by Crippen LogP contribution is 2.25. The van der Waals surface area contributed by atoms with Gasteiger partial charge in [-0.15, -0.1) is 0 Å². The van der Waals surface area contributed by atoms with Crippen LogP contribution in [-0.2, 0) is 16.1 Å². The third-order valence-corrected chi connectivity index (χ3v) is 3.14. The number of esters is 1. The van der Waals surface area contributed by atoms with Gasteiger partial charge in [-0.05, 0) is 44.4 Å². The second-order valence-electron chi connectivity index (χ2n) is 5.06. The SMILES string of the molecule is CCOC(=O)C(C)Oc1c(F)cc(CNC2CC2)cc1F. The number of halogens is 2. The summed E-state index contributed by atoms with van der Waals surface area (Å²) in [6, 6.07) is 2.88. The number of hydrogen-bond donors (Lipinski definition) is 1. The number of carbonyl (C=O) groups excluding carboxylic acids is 1. The Hall–Kier alpha value is -1.69. The minimum absolute atomic E-state index is 0.184. The summed E-state index contributed by atoms with van der Waals surface area (Å²) in [5, 5.41) is 3.17. The predicted octanol–water partition coefficient (Wildman–Crippen LogP) is 2.55. The predicted molar refractivity (Wildman–Crippen MR) is 72.9 cm³/mol. The van der Waals surface area contributed by atoms with Gasteiger partial charge in [-0.3, -0.25) is 0 Å². The molecule has 116 valence electrons. The average molecular weight is 299 g/mol. The zero-order valence-corrected chi connectivity index (χ0v) is 12.1. The minimum atomic E-state index is -1.07. The molecule has 1 saturated carbocycles. The summed E-state index contributed by atoms with van der Waals surface area (Å²) >= 11 is 0. The topological polar surface area (TPSA) is 47.6 Å². The van der Waals surface area contributed by atoms with Gasteiger partial charge in [0.15, 0.2) is 23.5 Å². The van der Waals surface area contributed by atoms with Crippen molar-refractivity contribution in [3.05, 3.63) is 29.3 Å². The van der Waals surface area contributed by atoms with E-state index in [1.807, 2.05) is 0 Å². The molecule has 0 heterocycles. The Kier molecular flexibility index (Phi) is 5.12. The quantitative estimate of drug-likeness (QED) is 0.786. The van der Waals surface area contributed by atoms with Crippen molar-refractivity contribution in [1.29, 1.82) is 0 Å². The molecule has 1 fully saturated rings. The summed E-state index contributed by atoms with van der Waals surface area (Å²) < 4.78 is 37.6.